The van der Waals surface area contributed by atoms with Crippen molar-refractivity contribution in [3.63, 3.8) is 0 Å². The van der Waals surface area contributed by atoms with Gasteiger partial charge in [-0.3, -0.25) is 9.59 Å². The first kappa shape index (κ1) is 14.0. The van der Waals surface area contributed by atoms with Crippen LogP contribution in [-0.2, 0) is 20.8 Å². The smallest absolute Gasteiger partial charge is 0.326 e. The van der Waals surface area contributed by atoms with Crippen LogP contribution in [0, 0.1) is 5.92 Å². The molecule has 1 aromatic rings. The van der Waals surface area contributed by atoms with Crippen molar-refractivity contribution in [1.82, 2.24) is 20.6 Å². The van der Waals surface area contributed by atoms with Gasteiger partial charge in [0.1, 0.15) is 6.04 Å². The number of carboxylic acids is 1. The predicted molar refractivity (Wildman–Crippen MR) is 67.6 cm³/mol. The Hall–Kier alpha value is -2.38. The van der Waals surface area contributed by atoms with Crippen molar-refractivity contribution in [2.24, 2.45) is 5.92 Å². The standard InChI is InChI=1S/C12H16N4O4/c17-10-2-1-7(4-14-10)11(18)16-9(12(19)20)3-8-5-13-6-15-8/h5-7,9H,1-4H2,(H,13,15)(H,14,17)(H,16,18)(H,19,20)/t7?,9-/m0/s1. The van der Waals surface area contributed by atoms with Gasteiger partial charge in [0, 0.05) is 31.3 Å². The highest BCUT2D eigenvalue weighted by molar-refractivity contribution is 5.87. The van der Waals surface area contributed by atoms with Crippen molar-refractivity contribution < 1.29 is 19.5 Å². The molecule has 0 spiro atoms. The van der Waals surface area contributed by atoms with Crippen LogP contribution >= 0.6 is 0 Å². The summed E-state index contributed by atoms with van der Waals surface area (Å²) in [5.74, 6) is -1.91. The van der Waals surface area contributed by atoms with E-state index in [2.05, 4.69) is 20.6 Å². The van der Waals surface area contributed by atoms with E-state index in [1.807, 2.05) is 0 Å². The zero-order valence-electron chi connectivity index (χ0n) is 10.8. The molecule has 20 heavy (non-hydrogen) atoms. The number of hydrogen-bond acceptors (Lipinski definition) is 4. The van der Waals surface area contributed by atoms with Crippen molar-refractivity contribution in [3.05, 3.63) is 18.2 Å². The van der Waals surface area contributed by atoms with Gasteiger partial charge in [0.05, 0.1) is 12.2 Å². The summed E-state index contributed by atoms with van der Waals surface area (Å²) in [7, 11) is 0. The highest BCUT2D eigenvalue weighted by Crippen LogP contribution is 2.11. The lowest BCUT2D eigenvalue weighted by Gasteiger charge is -2.23. The van der Waals surface area contributed by atoms with Gasteiger partial charge in [0.2, 0.25) is 11.8 Å². The first-order valence-electron chi connectivity index (χ1n) is 6.33. The molecule has 2 atom stereocenters. The highest BCUT2D eigenvalue weighted by Gasteiger charge is 2.28. The molecule has 1 aromatic heterocycles. The summed E-state index contributed by atoms with van der Waals surface area (Å²) >= 11 is 0. The third-order valence-corrected chi connectivity index (χ3v) is 3.23. The number of H-pyrrole nitrogens is 1. The number of carbonyl (C=O) groups is 3. The van der Waals surface area contributed by atoms with Crippen LogP contribution in [-0.4, -0.2) is 45.4 Å². The van der Waals surface area contributed by atoms with Crippen LogP contribution in [0.2, 0.25) is 0 Å². The Morgan fingerprint density at radius 2 is 2.35 bits per heavy atom. The number of aromatic nitrogens is 2. The molecule has 0 bridgehead atoms. The molecule has 0 aliphatic carbocycles. The van der Waals surface area contributed by atoms with E-state index >= 15 is 0 Å². The van der Waals surface area contributed by atoms with Crippen LogP contribution in [0.15, 0.2) is 12.5 Å². The van der Waals surface area contributed by atoms with Crippen molar-refractivity contribution in [2.45, 2.75) is 25.3 Å². The van der Waals surface area contributed by atoms with Gasteiger partial charge in [-0.1, -0.05) is 0 Å². The number of carbonyl (C=O) groups excluding carboxylic acids is 2. The maximum absolute atomic E-state index is 12.0. The molecule has 108 valence electrons. The third-order valence-electron chi connectivity index (χ3n) is 3.23. The SMILES string of the molecule is O=C1CCC(C(=O)N[C@@H](Cc2cnc[nH]2)C(=O)O)CN1. The van der Waals surface area contributed by atoms with E-state index in [4.69, 9.17) is 5.11 Å². The van der Waals surface area contributed by atoms with E-state index in [1.165, 1.54) is 12.5 Å². The molecule has 2 rings (SSSR count). The van der Waals surface area contributed by atoms with Crippen molar-refractivity contribution in [1.29, 1.82) is 0 Å². The van der Waals surface area contributed by atoms with Crippen LogP contribution in [0.1, 0.15) is 18.5 Å². The number of piperidine rings is 1. The van der Waals surface area contributed by atoms with Gasteiger partial charge >= 0.3 is 5.97 Å². The van der Waals surface area contributed by atoms with Crippen molar-refractivity contribution >= 4 is 17.8 Å². The zero-order valence-corrected chi connectivity index (χ0v) is 10.8. The molecule has 8 heteroatoms. The molecule has 2 amide bonds. The monoisotopic (exact) mass is 280 g/mol. The maximum Gasteiger partial charge on any atom is 0.326 e. The minimum atomic E-state index is -1.10. The number of aliphatic carboxylic acids is 1. The first-order chi connectivity index (χ1) is 9.56. The first-order valence-corrected chi connectivity index (χ1v) is 6.33. The second-order valence-corrected chi connectivity index (χ2v) is 4.72. The van der Waals surface area contributed by atoms with E-state index in [-0.39, 0.29) is 37.1 Å². The maximum atomic E-state index is 12.0. The van der Waals surface area contributed by atoms with Crippen molar-refractivity contribution in [2.75, 3.05) is 6.54 Å². The fraction of sp³-hybridized carbons (Fsp3) is 0.500. The molecule has 1 aliphatic rings. The Kier molecular flexibility index (Phi) is 4.34. The Morgan fingerprint density at radius 3 is 2.90 bits per heavy atom. The number of nitrogens with zero attached hydrogens (tertiary/aromatic N) is 1. The molecule has 4 N–H and O–H groups in total. The molecule has 0 aromatic carbocycles. The predicted octanol–water partition coefficient (Wildman–Crippen LogP) is -0.952. The molecule has 0 radical (unpaired) electrons. The van der Waals surface area contributed by atoms with Crippen LogP contribution in [0.4, 0.5) is 0 Å². The molecule has 0 saturated carbocycles. The Balaban J connectivity index is 1.92. The lowest BCUT2D eigenvalue weighted by Crippen LogP contribution is -2.49. The molecular formula is C12H16N4O4. The third kappa shape index (κ3) is 3.56. The van der Waals surface area contributed by atoms with Crippen molar-refractivity contribution in [3.8, 4) is 0 Å². The minimum absolute atomic E-state index is 0.0821. The van der Waals surface area contributed by atoms with E-state index in [1.54, 1.807) is 0 Å². The van der Waals surface area contributed by atoms with Crippen LogP contribution in [0.3, 0.4) is 0 Å². The Bertz CT molecular complexity index is 490. The van der Waals surface area contributed by atoms with Gasteiger partial charge in [-0.15, -0.1) is 0 Å². The summed E-state index contributed by atoms with van der Waals surface area (Å²) in [6.07, 6.45) is 3.83. The molecule has 1 saturated heterocycles. The molecule has 1 fully saturated rings. The molecule has 1 unspecified atom stereocenters. The summed E-state index contributed by atoms with van der Waals surface area (Å²) in [4.78, 5) is 40.8. The molecule has 2 heterocycles. The summed E-state index contributed by atoms with van der Waals surface area (Å²) in [5, 5.41) is 14.2. The number of amides is 2. The van der Waals surface area contributed by atoms with Gasteiger partial charge in [-0.05, 0) is 6.42 Å². The van der Waals surface area contributed by atoms with Crippen LogP contribution in [0.5, 0.6) is 0 Å². The Morgan fingerprint density at radius 1 is 1.55 bits per heavy atom. The van der Waals surface area contributed by atoms with E-state index in [0.717, 1.165) is 0 Å². The van der Waals surface area contributed by atoms with Gasteiger partial charge in [-0.25, -0.2) is 9.78 Å². The normalized spacial score (nSPS) is 20.0. The summed E-state index contributed by atoms with van der Waals surface area (Å²) in [5.41, 5.74) is 0.634. The largest absolute Gasteiger partial charge is 0.480 e. The van der Waals surface area contributed by atoms with Gasteiger partial charge < -0.3 is 20.7 Å². The number of aromatic amines is 1. The second kappa shape index (κ2) is 6.18. The zero-order chi connectivity index (χ0) is 14.5. The van der Waals surface area contributed by atoms with Crippen LogP contribution < -0.4 is 10.6 Å². The fourth-order valence-electron chi connectivity index (χ4n) is 2.06. The van der Waals surface area contributed by atoms with E-state index in [0.29, 0.717) is 12.1 Å². The summed E-state index contributed by atoms with van der Waals surface area (Å²) < 4.78 is 0. The lowest BCUT2D eigenvalue weighted by atomic mass is 9.97. The Labute approximate surface area is 115 Å². The lowest BCUT2D eigenvalue weighted by molar-refractivity contribution is -0.143. The quantitative estimate of drug-likeness (QED) is 0.553. The molecule has 8 nitrogen and oxygen atoms in total. The number of imidazole rings is 1. The number of carboxylic acid groups (broad SMARTS) is 1. The average Bonchev–Trinajstić information content (AvgIpc) is 2.91. The number of rotatable bonds is 5. The van der Waals surface area contributed by atoms with Gasteiger partial charge in [0.25, 0.3) is 0 Å². The number of hydrogen-bond donors (Lipinski definition) is 4. The highest BCUT2D eigenvalue weighted by atomic mass is 16.4. The van der Waals surface area contributed by atoms with Gasteiger partial charge in [-0.2, -0.15) is 0 Å². The molecular weight excluding hydrogens is 264 g/mol. The second-order valence-electron chi connectivity index (χ2n) is 4.72. The van der Waals surface area contributed by atoms with E-state index < -0.39 is 12.0 Å². The van der Waals surface area contributed by atoms with E-state index in [9.17, 15) is 14.4 Å². The summed E-state index contributed by atoms with van der Waals surface area (Å²) in [6, 6.07) is -1.01. The van der Waals surface area contributed by atoms with Gasteiger partial charge in [0.15, 0.2) is 0 Å². The number of nitrogens with one attached hydrogen (secondary N) is 3. The summed E-state index contributed by atoms with van der Waals surface area (Å²) in [6.45, 7) is 0.251. The molecule has 1 aliphatic heterocycles. The topological polar surface area (TPSA) is 124 Å². The minimum Gasteiger partial charge on any atom is -0.480 e. The fourth-order valence-corrected chi connectivity index (χ4v) is 2.06. The van der Waals surface area contributed by atoms with Crippen LogP contribution in [0.25, 0.3) is 0 Å². The average molecular weight is 280 g/mol.